The summed E-state index contributed by atoms with van der Waals surface area (Å²) in [5, 5.41) is 0. The molecule has 5 aliphatic rings. The first kappa shape index (κ1) is 18.5. The summed E-state index contributed by atoms with van der Waals surface area (Å²) in [4.78, 5) is 11.5. The number of hydrogen-bond acceptors (Lipinski definition) is 5. The van der Waals surface area contributed by atoms with E-state index in [0.29, 0.717) is 19.4 Å². The monoisotopic (exact) mass is 378 g/mol. The Bertz CT molecular complexity index is 606. The van der Waals surface area contributed by atoms with Crippen LogP contribution in [0.3, 0.4) is 0 Å². The minimum Gasteiger partial charge on any atom is -0.456 e. The van der Waals surface area contributed by atoms with E-state index in [2.05, 4.69) is 6.92 Å². The third-order valence-corrected chi connectivity index (χ3v) is 6.37. The van der Waals surface area contributed by atoms with E-state index >= 15 is 0 Å². The Morgan fingerprint density at radius 3 is 2.65 bits per heavy atom. The highest BCUT2D eigenvalue weighted by Gasteiger charge is 2.70. The maximum Gasteiger partial charge on any atom is 0.449 e. The molecular weight excluding hydrogens is 353 g/mol. The van der Waals surface area contributed by atoms with Crippen molar-refractivity contribution in [3.8, 4) is 0 Å². The molecule has 6 atom stereocenters. The van der Waals surface area contributed by atoms with Crippen molar-refractivity contribution >= 4 is 0 Å². The highest BCUT2D eigenvalue weighted by atomic mass is 19.4. The van der Waals surface area contributed by atoms with E-state index in [0.717, 1.165) is 12.8 Å². The maximum atomic E-state index is 13.7. The highest BCUT2D eigenvalue weighted by molar-refractivity contribution is 5.28. The predicted molar refractivity (Wildman–Crippen MR) is 83.5 cm³/mol. The first-order chi connectivity index (χ1) is 12.2. The van der Waals surface area contributed by atoms with Crippen molar-refractivity contribution in [3.05, 3.63) is 11.3 Å². The number of allylic oxidation sites excluding steroid dienone is 1. The van der Waals surface area contributed by atoms with Crippen LogP contribution in [0, 0.1) is 17.8 Å². The van der Waals surface area contributed by atoms with Crippen LogP contribution in [0.1, 0.15) is 46.5 Å². The van der Waals surface area contributed by atoms with Crippen LogP contribution in [0.2, 0.25) is 0 Å². The Labute approximate surface area is 150 Å². The first-order valence-corrected chi connectivity index (χ1v) is 9.30. The van der Waals surface area contributed by atoms with Gasteiger partial charge in [0, 0.05) is 30.4 Å². The molecule has 26 heavy (non-hydrogen) atoms. The summed E-state index contributed by atoms with van der Waals surface area (Å²) in [5.74, 6) is -2.30. The SMILES string of the molecule is CCOCC1=C(C(F)(F)F)O[C@@H]2O[C@]3(C)CC[C@H]4[C@H](C)CC[C@@H]1[C@@]24OO3. The Kier molecular flexibility index (Phi) is 4.34. The van der Waals surface area contributed by atoms with Gasteiger partial charge in [0.2, 0.25) is 17.8 Å². The van der Waals surface area contributed by atoms with Crippen molar-refractivity contribution in [1.29, 1.82) is 0 Å². The molecule has 1 aliphatic carbocycles. The van der Waals surface area contributed by atoms with Crippen molar-refractivity contribution < 1.29 is 37.2 Å². The zero-order chi connectivity index (χ0) is 18.7. The standard InChI is InChI=1S/C18H25F3O5/c1-4-22-9-11-13-6-5-10(2)12-7-8-16(3)24-15(17(12,13)26-25-16)23-14(11)18(19,20)21/h10,12-13,15H,4-9H2,1-3H3/t10-,12+,13+,15-,16+,17-/m1/s1. The summed E-state index contributed by atoms with van der Waals surface area (Å²) >= 11 is 0. The molecule has 1 spiro atoms. The van der Waals surface area contributed by atoms with Crippen LogP contribution in [-0.2, 0) is 24.0 Å². The van der Waals surface area contributed by atoms with Gasteiger partial charge in [-0.3, -0.25) is 0 Å². The lowest BCUT2D eigenvalue weighted by molar-refractivity contribution is -0.557. The lowest BCUT2D eigenvalue weighted by Crippen LogP contribution is -2.67. The van der Waals surface area contributed by atoms with Gasteiger partial charge in [0.25, 0.3) is 0 Å². The lowest BCUT2D eigenvalue weighted by Gasteiger charge is -2.57. The molecule has 8 heteroatoms. The topological polar surface area (TPSA) is 46.2 Å². The fourth-order valence-electron chi connectivity index (χ4n) is 5.12. The minimum absolute atomic E-state index is 0.00184. The molecule has 0 aromatic rings. The van der Waals surface area contributed by atoms with Crippen molar-refractivity contribution in [2.75, 3.05) is 13.2 Å². The Morgan fingerprint density at radius 2 is 1.96 bits per heavy atom. The Morgan fingerprint density at radius 1 is 1.19 bits per heavy atom. The van der Waals surface area contributed by atoms with Crippen LogP contribution in [0.5, 0.6) is 0 Å². The molecule has 4 aliphatic heterocycles. The molecule has 0 aromatic heterocycles. The van der Waals surface area contributed by atoms with Gasteiger partial charge in [-0.25, -0.2) is 9.78 Å². The fraction of sp³-hybridized carbons (Fsp3) is 0.889. The molecule has 0 N–H and O–H groups in total. The molecule has 4 fully saturated rings. The predicted octanol–water partition coefficient (Wildman–Crippen LogP) is 4.09. The van der Waals surface area contributed by atoms with Crippen molar-refractivity contribution in [2.24, 2.45) is 17.8 Å². The summed E-state index contributed by atoms with van der Waals surface area (Å²) in [6, 6.07) is 0. The van der Waals surface area contributed by atoms with Crippen molar-refractivity contribution in [1.82, 2.24) is 0 Å². The summed E-state index contributed by atoms with van der Waals surface area (Å²) in [6.45, 7) is 5.75. The van der Waals surface area contributed by atoms with Gasteiger partial charge in [-0.2, -0.15) is 13.2 Å². The van der Waals surface area contributed by atoms with E-state index in [1.54, 1.807) is 13.8 Å². The van der Waals surface area contributed by atoms with E-state index in [-0.39, 0.29) is 24.0 Å². The van der Waals surface area contributed by atoms with Crippen LogP contribution in [0.15, 0.2) is 11.3 Å². The second-order valence-corrected chi connectivity index (χ2v) is 7.96. The van der Waals surface area contributed by atoms with Gasteiger partial charge in [0.15, 0.2) is 5.60 Å². The zero-order valence-electron chi connectivity index (χ0n) is 15.2. The van der Waals surface area contributed by atoms with E-state index in [9.17, 15) is 13.2 Å². The van der Waals surface area contributed by atoms with Gasteiger partial charge in [0.1, 0.15) is 0 Å². The van der Waals surface area contributed by atoms with Gasteiger partial charge in [-0.1, -0.05) is 6.92 Å². The van der Waals surface area contributed by atoms with E-state index < -0.39 is 35.5 Å². The van der Waals surface area contributed by atoms with Crippen LogP contribution in [0.4, 0.5) is 13.2 Å². The molecule has 4 heterocycles. The van der Waals surface area contributed by atoms with E-state index in [1.165, 1.54) is 0 Å². The average molecular weight is 378 g/mol. The largest absolute Gasteiger partial charge is 0.456 e. The van der Waals surface area contributed by atoms with E-state index in [4.69, 9.17) is 24.0 Å². The highest BCUT2D eigenvalue weighted by Crippen LogP contribution is 2.61. The number of alkyl halides is 3. The molecule has 1 saturated carbocycles. The van der Waals surface area contributed by atoms with Crippen LogP contribution in [0.25, 0.3) is 0 Å². The maximum absolute atomic E-state index is 13.7. The van der Waals surface area contributed by atoms with Crippen molar-refractivity contribution in [3.63, 3.8) is 0 Å². The molecule has 148 valence electrons. The molecular formula is C18H25F3O5. The number of hydrogen-bond donors (Lipinski definition) is 0. The number of fused-ring (bicyclic) bond motifs is 2. The smallest absolute Gasteiger partial charge is 0.449 e. The fourth-order valence-corrected chi connectivity index (χ4v) is 5.12. The molecule has 2 bridgehead atoms. The molecule has 0 amide bonds. The number of halogens is 3. The van der Waals surface area contributed by atoms with Crippen molar-refractivity contribution in [2.45, 2.75) is 70.3 Å². The molecule has 0 radical (unpaired) electrons. The van der Waals surface area contributed by atoms with Gasteiger partial charge in [-0.05, 0) is 39.0 Å². The first-order valence-electron chi connectivity index (χ1n) is 9.30. The molecule has 5 rings (SSSR count). The molecule has 3 saturated heterocycles. The summed E-state index contributed by atoms with van der Waals surface area (Å²) in [7, 11) is 0. The van der Waals surface area contributed by atoms with Gasteiger partial charge in [-0.15, -0.1) is 0 Å². The lowest BCUT2D eigenvalue weighted by atomic mass is 9.59. The van der Waals surface area contributed by atoms with Crippen LogP contribution < -0.4 is 0 Å². The minimum atomic E-state index is -4.61. The number of ether oxygens (including phenoxy) is 3. The summed E-state index contributed by atoms with van der Waals surface area (Å²) in [6.07, 6.45) is -3.05. The normalized spacial score (nSPS) is 45.2. The molecule has 0 aromatic carbocycles. The van der Waals surface area contributed by atoms with Crippen LogP contribution in [-0.4, -0.2) is 37.1 Å². The Balaban J connectivity index is 1.85. The third-order valence-electron chi connectivity index (χ3n) is 6.37. The average Bonchev–Trinajstić information content (AvgIpc) is 2.80. The second-order valence-electron chi connectivity index (χ2n) is 7.96. The van der Waals surface area contributed by atoms with E-state index in [1.807, 2.05) is 0 Å². The second kappa shape index (κ2) is 6.09. The number of rotatable bonds is 3. The molecule has 0 unspecified atom stereocenters. The Hall–Kier alpha value is -0.830. The van der Waals surface area contributed by atoms with Crippen LogP contribution >= 0.6 is 0 Å². The quantitative estimate of drug-likeness (QED) is 0.693. The molecule has 5 nitrogen and oxygen atoms in total. The van der Waals surface area contributed by atoms with Gasteiger partial charge in [0.05, 0.1) is 6.61 Å². The summed E-state index contributed by atoms with van der Waals surface area (Å²) in [5.41, 5.74) is -0.945. The van der Waals surface area contributed by atoms with Gasteiger partial charge >= 0.3 is 6.18 Å². The van der Waals surface area contributed by atoms with Gasteiger partial charge < -0.3 is 14.2 Å². The summed E-state index contributed by atoms with van der Waals surface area (Å²) < 4.78 is 58.0. The third kappa shape index (κ3) is 2.60. The zero-order valence-corrected chi connectivity index (χ0v) is 15.2.